The molecule has 0 radical (unpaired) electrons. The second-order valence-electron chi connectivity index (χ2n) is 4.10. The number of para-hydroxylation sites is 1. The summed E-state index contributed by atoms with van der Waals surface area (Å²) in [6.07, 6.45) is 0. The number of ether oxygens (including phenoxy) is 1. The highest BCUT2D eigenvalue weighted by molar-refractivity contribution is 5.20. The van der Waals surface area contributed by atoms with Gasteiger partial charge in [-0.3, -0.25) is 4.90 Å². The van der Waals surface area contributed by atoms with Gasteiger partial charge < -0.3 is 10.1 Å². The molecule has 2 rings (SSSR count). The van der Waals surface area contributed by atoms with Gasteiger partial charge in [0.15, 0.2) is 0 Å². The number of nitrogens with zero attached hydrogens (tertiary/aromatic N) is 1. The Labute approximate surface area is 97.4 Å². The zero-order chi connectivity index (χ0) is 11.2. The van der Waals surface area contributed by atoms with Crippen LogP contribution in [0.3, 0.4) is 0 Å². The molecule has 88 valence electrons. The van der Waals surface area contributed by atoms with Crippen LogP contribution >= 0.6 is 0 Å². The van der Waals surface area contributed by atoms with Crippen molar-refractivity contribution in [1.82, 2.24) is 10.2 Å². The fraction of sp³-hybridized carbons (Fsp3) is 0.538. The van der Waals surface area contributed by atoms with E-state index in [4.69, 9.17) is 4.74 Å². The van der Waals surface area contributed by atoms with Crippen LogP contribution in [0, 0.1) is 0 Å². The lowest BCUT2D eigenvalue weighted by atomic mass is 10.1. The Kier molecular flexibility index (Phi) is 4.19. The van der Waals surface area contributed by atoms with E-state index in [1.165, 1.54) is 0 Å². The summed E-state index contributed by atoms with van der Waals surface area (Å²) in [5.74, 6) is 0.963. The first kappa shape index (κ1) is 11.4. The highest BCUT2D eigenvalue weighted by Crippen LogP contribution is 2.09. The van der Waals surface area contributed by atoms with E-state index in [0.29, 0.717) is 6.04 Å². The normalized spacial score (nSPS) is 16.1. The minimum absolute atomic E-state index is 0.712. The van der Waals surface area contributed by atoms with Gasteiger partial charge in [0, 0.05) is 25.7 Å². The fourth-order valence-electron chi connectivity index (χ4n) is 1.93. The van der Waals surface area contributed by atoms with Gasteiger partial charge in [0.2, 0.25) is 0 Å². The van der Waals surface area contributed by atoms with Crippen LogP contribution in [0.4, 0.5) is 0 Å². The summed E-state index contributed by atoms with van der Waals surface area (Å²) in [5.41, 5.74) is 0. The average Bonchev–Trinajstić information content (AvgIpc) is 2.26. The van der Waals surface area contributed by atoms with Gasteiger partial charge in [0.25, 0.3) is 0 Å². The summed E-state index contributed by atoms with van der Waals surface area (Å²) in [7, 11) is 0. The molecule has 0 amide bonds. The van der Waals surface area contributed by atoms with E-state index < -0.39 is 0 Å². The molecule has 3 nitrogen and oxygen atoms in total. The smallest absolute Gasteiger partial charge is 0.119 e. The topological polar surface area (TPSA) is 24.5 Å². The average molecular weight is 220 g/mol. The summed E-state index contributed by atoms with van der Waals surface area (Å²) in [4.78, 5) is 2.47. The van der Waals surface area contributed by atoms with Gasteiger partial charge in [-0.25, -0.2) is 0 Å². The molecular formula is C13H20N2O. The Morgan fingerprint density at radius 1 is 1.31 bits per heavy atom. The van der Waals surface area contributed by atoms with Crippen molar-refractivity contribution in [2.24, 2.45) is 0 Å². The lowest BCUT2D eigenvalue weighted by Crippen LogP contribution is -2.57. The lowest BCUT2D eigenvalue weighted by Gasteiger charge is -2.37. The molecule has 0 unspecified atom stereocenters. The van der Waals surface area contributed by atoms with Gasteiger partial charge in [-0.1, -0.05) is 25.1 Å². The molecule has 0 atom stereocenters. The molecule has 0 spiro atoms. The van der Waals surface area contributed by atoms with Crippen LogP contribution in [-0.4, -0.2) is 43.7 Å². The Balaban J connectivity index is 1.70. The zero-order valence-corrected chi connectivity index (χ0v) is 9.86. The van der Waals surface area contributed by atoms with E-state index in [-0.39, 0.29) is 0 Å². The van der Waals surface area contributed by atoms with Gasteiger partial charge in [-0.2, -0.15) is 0 Å². The lowest BCUT2D eigenvalue weighted by molar-refractivity contribution is 0.128. The maximum absolute atomic E-state index is 5.69. The summed E-state index contributed by atoms with van der Waals surface area (Å²) in [6, 6.07) is 10.7. The molecule has 1 N–H and O–H groups in total. The molecule has 1 aliphatic heterocycles. The molecule has 1 aromatic carbocycles. The van der Waals surface area contributed by atoms with Gasteiger partial charge in [0.05, 0.1) is 0 Å². The minimum atomic E-state index is 0.712. The SMILES string of the molecule is CCN(CCOc1ccccc1)C1CNC1. The molecule has 0 saturated carbocycles. The number of likely N-dealkylation sites (N-methyl/N-ethyl adjacent to an activating group) is 1. The van der Waals surface area contributed by atoms with Crippen LogP contribution < -0.4 is 10.1 Å². The number of nitrogens with one attached hydrogen (secondary N) is 1. The number of benzene rings is 1. The van der Waals surface area contributed by atoms with Gasteiger partial charge >= 0.3 is 0 Å². The van der Waals surface area contributed by atoms with Gasteiger partial charge in [0.1, 0.15) is 12.4 Å². The molecular weight excluding hydrogens is 200 g/mol. The van der Waals surface area contributed by atoms with Crippen LogP contribution in [0.1, 0.15) is 6.92 Å². The summed E-state index contributed by atoms with van der Waals surface area (Å²) in [6.45, 7) is 7.34. The minimum Gasteiger partial charge on any atom is -0.492 e. The Hall–Kier alpha value is -1.06. The molecule has 1 aromatic rings. The van der Waals surface area contributed by atoms with E-state index in [1.54, 1.807) is 0 Å². The van der Waals surface area contributed by atoms with Crippen LogP contribution in [-0.2, 0) is 0 Å². The second-order valence-corrected chi connectivity index (χ2v) is 4.10. The third-order valence-electron chi connectivity index (χ3n) is 3.07. The fourth-order valence-corrected chi connectivity index (χ4v) is 1.93. The first-order valence-electron chi connectivity index (χ1n) is 6.02. The van der Waals surface area contributed by atoms with Crippen molar-refractivity contribution < 1.29 is 4.74 Å². The zero-order valence-electron chi connectivity index (χ0n) is 9.86. The van der Waals surface area contributed by atoms with Crippen LogP contribution in [0.15, 0.2) is 30.3 Å². The van der Waals surface area contributed by atoms with Crippen molar-refractivity contribution in [3.05, 3.63) is 30.3 Å². The maximum atomic E-state index is 5.69. The maximum Gasteiger partial charge on any atom is 0.119 e. The molecule has 1 aliphatic rings. The van der Waals surface area contributed by atoms with E-state index in [0.717, 1.165) is 38.5 Å². The van der Waals surface area contributed by atoms with Crippen molar-refractivity contribution in [1.29, 1.82) is 0 Å². The predicted octanol–water partition coefficient (Wildman–Crippen LogP) is 1.36. The molecule has 1 saturated heterocycles. The molecule has 0 bridgehead atoms. The number of hydrogen-bond acceptors (Lipinski definition) is 3. The highest BCUT2D eigenvalue weighted by atomic mass is 16.5. The van der Waals surface area contributed by atoms with Crippen molar-refractivity contribution in [2.45, 2.75) is 13.0 Å². The standard InChI is InChI=1S/C13H20N2O/c1-2-15(12-10-14-11-12)8-9-16-13-6-4-3-5-7-13/h3-7,12,14H,2,8-11H2,1H3. The third-order valence-corrected chi connectivity index (χ3v) is 3.07. The molecule has 1 heterocycles. The van der Waals surface area contributed by atoms with E-state index in [1.807, 2.05) is 30.3 Å². The summed E-state index contributed by atoms with van der Waals surface area (Å²) in [5, 5.41) is 3.30. The Bertz CT molecular complexity index is 298. The van der Waals surface area contributed by atoms with E-state index in [9.17, 15) is 0 Å². The molecule has 16 heavy (non-hydrogen) atoms. The predicted molar refractivity (Wildman–Crippen MR) is 65.8 cm³/mol. The molecule has 1 fully saturated rings. The highest BCUT2D eigenvalue weighted by Gasteiger charge is 2.22. The van der Waals surface area contributed by atoms with Crippen LogP contribution in [0.5, 0.6) is 5.75 Å². The molecule has 0 aliphatic carbocycles. The summed E-state index contributed by atoms with van der Waals surface area (Å²) >= 11 is 0. The van der Waals surface area contributed by atoms with Crippen molar-refractivity contribution in [2.75, 3.05) is 32.8 Å². The largest absolute Gasteiger partial charge is 0.492 e. The van der Waals surface area contributed by atoms with Gasteiger partial charge in [-0.05, 0) is 18.7 Å². The van der Waals surface area contributed by atoms with Crippen LogP contribution in [0.25, 0.3) is 0 Å². The Morgan fingerprint density at radius 3 is 2.62 bits per heavy atom. The molecule has 3 heteroatoms. The van der Waals surface area contributed by atoms with Crippen molar-refractivity contribution in [3.8, 4) is 5.75 Å². The Morgan fingerprint density at radius 2 is 2.06 bits per heavy atom. The quantitative estimate of drug-likeness (QED) is 0.783. The van der Waals surface area contributed by atoms with Gasteiger partial charge in [-0.15, -0.1) is 0 Å². The number of rotatable bonds is 6. The first-order chi connectivity index (χ1) is 7.90. The third kappa shape index (κ3) is 2.97. The van der Waals surface area contributed by atoms with Crippen molar-refractivity contribution >= 4 is 0 Å². The monoisotopic (exact) mass is 220 g/mol. The van der Waals surface area contributed by atoms with Crippen molar-refractivity contribution in [3.63, 3.8) is 0 Å². The second kappa shape index (κ2) is 5.87. The summed E-state index contributed by atoms with van der Waals surface area (Å²) < 4.78 is 5.69. The first-order valence-corrected chi connectivity index (χ1v) is 6.02. The molecule has 0 aromatic heterocycles. The number of hydrogen-bond donors (Lipinski definition) is 1. The van der Waals surface area contributed by atoms with E-state index in [2.05, 4.69) is 17.1 Å². The van der Waals surface area contributed by atoms with Crippen LogP contribution in [0.2, 0.25) is 0 Å². The van der Waals surface area contributed by atoms with E-state index >= 15 is 0 Å².